The Hall–Kier alpha value is -1.89. The van der Waals surface area contributed by atoms with Crippen molar-refractivity contribution in [3.8, 4) is 0 Å². The van der Waals surface area contributed by atoms with Gasteiger partial charge in [-0.15, -0.1) is 0 Å². The summed E-state index contributed by atoms with van der Waals surface area (Å²) in [4.78, 5) is 4.50. The van der Waals surface area contributed by atoms with Crippen LogP contribution in [0.5, 0.6) is 0 Å². The third-order valence-electron chi connectivity index (χ3n) is 4.81. The monoisotopic (exact) mass is 364 g/mol. The van der Waals surface area contributed by atoms with Gasteiger partial charge in [0.1, 0.15) is 0 Å². The fourth-order valence-electron chi connectivity index (χ4n) is 3.32. The fraction of sp³-hybridized carbons (Fsp3) is 0.400. The maximum absolute atomic E-state index is 12.8. The van der Waals surface area contributed by atoms with Crippen LogP contribution in [0.4, 0.5) is 13.2 Å². The fourth-order valence-corrected chi connectivity index (χ4v) is 3.32. The Balaban J connectivity index is 1.54. The van der Waals surface area contributed by atoms with Gasteiger partial charge in [-0.1, -0.05) is 42.5 Å². The Morgan fingerprint density at radius 2 is 1.42 bits per heavy atom. The molecular formula is C20H23F3N2O. The molecule has 0 radical (unpaired) electrons. The van der Waals surface area contributed by atoms with Crippen molar-refractivity contribution < 1.29 is 18.3 Å². The second-order valence-corrected chi connectivity index (χ2v) is 6.68. The van der Waals surface area contributed by atoms with Gasteiger partial charge in [-0.25, -0.2) is 0 Å². The molecule has 1 N–H and O–H groups in total. The van der Waals surface area contributed by atoms with Crippen molar-refractivity contribution in [2.24, 2.45) is 0 Å². The molecule has 0 aliphatic carbocycles. The molecule has 0 bridgehead atoms. The minimum absolute atomic E-state index is 0.0334. The molecule has 1 saturated heterocycles. The van der Waals surface area contributed by atoms with Gasteiger partial charge in [-0.05, 0) is 22.8 Å². The predicted molar refractivity (Wildman–Crippen MR) is 94.4 cm³/mol. The molecule has 1 heterocycles. The molecule has 3 nitrogen and oxygen atoms in total. The number of alkyl halides is 3. The van der Waals surface area contributed by atoms with E-state index in [-0.39, 0.29) is 6.61 Å². The van der Waals surface area contributed by atoms with E-state index in [9.17, 15) is 18.3 Å². The molecule has 0 unspecified atom stereocenters. The van der Waals surface area contributed by atoms with E-state index in [4.69, 9.17) is 0 Å². The Morgan fingerprint density at radius 3 is 2.04 bits per heavy atom. The molecule has 0 atom stereocenters. The van der Waals surface area contributed by atoms with E-state index < -0.39 is 11.7 Å². The van der Waals surface area contributed by atoms with E-state index in [0.29, 0.717) is 12.1 Å². The summed E-state index contributed by atoms with van der Waals surface area (Å²) in [5, 5.41) is 9.43. The molecule has 140 valence electrons. The van der Waals surface area contributed by atoms with Crippen LogP contribution in [0.3, 0.4) is 0 Å². The third kappa shape index (κ3) is 4.84. The standard InChI is InChI=1S/C20H23F3N2O/c21-20(22,23)19-7-3-4-16(12-19)13-24-8-10-25(11-9-24)14-17-5-1-2-6-18(17)15-26/h1-7,12,26H,8-11,13-15H2. The van der Waals surface area contributed by atoms with Crippen molar-refractivity contribution in [1.29, 1.82) is 0 Å². The van der Waals surface area contributed by atoms with E-state index in [2.05, 4.69) is 9.80 Å². The first-order valence-corrected chi connectivity index (χ1v) is 8.74. The number of hydrogen-bond donors (Lipinski definition) is 1. The van der Waals surface area contributed by atoms with Gasteiger partial charge >= 0.3 is 6.18 Å². The van der Waals surface area contributed by atoms with Crippen LogP contribution in [-0.2, 0) is 25.9 Å². The number of aliphatic hydroxyl groups excluding tert-OH is 1. The number of piperazine rings is 1. The average Bonchev–Trinajstić information content (AvgIpc) is 2.63. The summed E-state index contributed by atoms with van der Waals surface area (Å²) in [5.41, 5.74) is 2.17. The number of rotatable bonds is 5. The molecule has 0 spiro atoms. The van der Waals surface area contributed by atoms with Crippen molar-refractivity contribution in [2.75, 3.05) is 26.2 Å². The van der Waals surface area contributed by atoms with Gasteiger partial charge in [0.2, 0.25) is 0 Å². The lowest BCUT2D eigenvalue weighted by Crippen LogP contribution is -2.45. The van der Waals surface area contributed by atoms with Gasteiger partial charge in [0.25, 0.3) is 0 Å². The van der Waals surface area contributed by atoms with Crippen LogP contribution < -0.4 is 0 Å². The van der Waals surface area contributed by atoms with Crippen LogP contribution in [0.25, 0.3) is 0 Å². The number of aliphatic hydroxyl groups is 1. The molecule has 0 aromatic heterocycles. The Kier molecular flexibility index (Phi) is 5.96. The van der Waals surface area contributed by atoms with Crippen LogP contribution in [0, 0.1) is 0 Å². The molecule has 26 heavy (non-hydrogen) atoms. The Morgan fingerprint density at radius 1 is 0.808 bits per heavy atom. The second kappa shape index (κ2) is 8.20. The second-order valence-electron chi connectivity index (χ2n) is 6.68. The lowest BCUT2D eigenvalue weighted by atomic mass is 10.1. The average molecular weight is 364 g/mol. The summed E-state index contributed by atoms with van der Waals surface area (Å²) in [7, 11) is 0. The van der Waals surface area contributed by atoms with E-state index in [1.807, 2.05) is 24.3 Å². The lowest BCUT2D eigenvalue weighted by molar-refractivity contribution is -0.137. The van der Waals surface area contributed by atoms with E-state index in [1.54, 1.807) is 6.07 Å². The number of benzene rings is 2. The lowest BCUT2D eigenvalue weighted by Gasteiger charge is -2.35. The smallest absolute Gasteiger partial charge is 0.392 e. The molecule has 6 heteroatoms. The maximum Gasteiger partial charge on any atom is 0.416 e. The number of hydrogen-bond acceptors (Lipinski definition) is 3. The maximum atomic E-state index is 12.8. The zero-order valence-corrected chi connectivity index (χ0v) is 14.5. The first kappa shape index (κ1) is 18.9. The van der Waals surface area contributed by atoms with E-state index in [0.717, 1.165) is 49.9 Å². The highest BCUT2D eigenvalue weighted by molar-refractivity contribution is 5.27. The molecule has 0 amide bonds. The highest BCUT2D eigenvalue weighted by atomic mass is 19.4. The number of halogens is 3. The zero-order chi connectivity index (χ0) is 18.6. The molecule has 3 rings (SSSR count). The zero-order valence-electron chi connectivity index (χ0n) is 14.5. The van der Waals surface area contributed by atoms with Gasteiger partial charge in [0.05, 0.1) is 12.2 Å². The molecule has 1 fully saturated rings. The van der Waals surface area contributed by atoms with Gasteiger partial charge in [0, 0.05) is 39.3 Å². The molecular weight excluding hydrogens is 341 g/mol. The van der Waals surface area contributed by atoms with Crippen molar-refractivity contribution in [1.82, 2.24) is 9.80 Å². The quantitative estimate of drug-likeness (QED) is 0.880. The van der Waals surface area contributed by atoms with Crippen LogP contribution in [-0.4, -0.2) is 41.1 Å². The van der Waals surface area contributed by atoms with Gasteiger partial charge in [0.15, 0.2) is 0 Å². The molecule has 2 aromatic carbocycles. The SMILES string of the molecule is OCc1ccccc1CN1CCN(Cc2cccc(C(F)(F)F)c2)CC1. The highest BCUT2D eigenvalue weighted by Gasteiger charge is 2.30. The van der Waals surface area contributed by atoms with Crippen molar-refractivity contribution in [3.63, 3.8) is 0 Å². The van der Waals surface area contributed by atoms with Crippen molar-refractivity contribution >= 4 is 0 Å². The topological polar surface area (TPSA) is 26.7 Å². The first-order valence-electron chi connectivity index (χ1n) is 8.74. The molecule has 0 saturated carbocycles. The summed E-state index contributed by atoms with van der Waals surface area (Å²) >= 11 is 0. The highest BCUT2D eigenvalue weighted by Crippen LogP contribution is 2.29. The van der Waals surface area contributed by atoms with Gasteiger partial charge in [-0.2, -0.15) is 13.2 Å². The van der Waals surface area contributed by atoms with E-state index in [1.165, 1.54) is 12.1 Å². The summed E-state index contributed by atoms with van der Waals surface area (Å²) < 4.78 is 38.5. The Bertz CT molecular complexity index is 725. The summed E-state index contributed by atoms with van der Waals surface area (Å²) in [6.45, 7) is 4.71. The van der Waals surface area contributed by atoms with Gasteiger partial charge in [-0.3, -0.25) is 9.80 Å². The molecule has 1 aliphatic rings. The number of nitrogens with zero attached hydrogens (tertiary/aromatic N) is 2. The van der Waals surface area contributed by atoms with Gasteiger partial charge < -0.3 is 5.11 Å². The van der Waals surface area contributed by atoms with Crippen LogP contribution >= 0.6 is 0 Å². The van der Waals surface area contributed by atoms with Crippen LogP contribution in [0.1, 0.15) is 22.3 Å². The molecule has 1 aliphatic heterocycles. The predicted octanol–water partition coefficient (Wildman–Crippen LogP) is 3.52. The first-order chi connectivity index (χ1) is 12.5. The van der Waals surface area contributed by atoms with Crippen molar-refractivity contribution in [3.05, 3.63) is 70.8 Å². The van der Waals surface area contributed by atoms with Crippen molar-refractivity contribution in [2.45, 2.75) is 25.9 Å². The largest absolute Gasteiger partial charge is 0.416 e. The van der Waals surface area contributed by atoms with Crippen LogP contribution in [0.2, 0.25) is 0 Å². The third-order valence-corrected chi connectivity index (χ3v) is 4.81. The minimum atomic E-state index is -4.30. The summed E-state index contributed by atoms with van der Waals surface area (Å²) in [6, 6.07) is 13.4. The normalized spacial score (nSPS) is 16.8. The minimum Gasteiger partial charge on any atom is -0.392 e. The summed E-state index contributed by atoms with van der Waals surface area (Å²) in [5.74, 6) is 0. The summed E-state index contributed by atoms with van der Waals surface area (Å²) in [6.07, 6.45) is -4.30. The van der Waals surface area contributed by atoms with E-state index >= 15 is 0 Å². The molecule has 2 aromatic rings. The Labute approximate surface area is 151 Å². The van der Waals surface area contributed by atoms with Crippen LogP contribution in [0.15, 0.2) is 48.5 Å².